The molecule has 11 heteroatoms. The Bertz CT molecular complexity index is 1290. The first-order chi connectivity index (χ1) is 15.5. The number of hydrogen-bond acceptors (Lipinski definition) is 6. The number of carbonyl (C=O) groups is 1. The summed E-state index contributed by atoms with van der Waals surface area (Å²) in [5, 5.41) is 14.2. The van der Waals surface area contributed by atoms with Crippen LogP contribution in [-0.2, 0) is 23.0 Å². The zero-order valence-corrected chi connectivity index (χ0v) is 19.6. The Morgan fingerprint density at radius 3 is 2.61 bits per heavy atom. The van der Waals surface area contributed by atoms with Gasteiger partial charge in [-0.2, -0.15) is 5.10 Å². The molecule has 9 nitrogen and oxygen atoms in total. The Kier molecular flexibility index (Phi) is 7.01. The number of halogens is 1. The summed E-state index contributed by atoms with van der Waals surface area (Å²) in [6.45, 7) is 7.20. The van der Waals surface area contributed by atoms with Crippen LogP contribution in [0.5, 0.6) is 0 Å². The first-order valence-electron chi connectivity index (χ1n) is 10.3. The average Bonchev–Trinajstić information content (AvgIpc) is 3.04. The fraction of sp³-hybridized carbons (Fsp3) is 0.318. The molecule has 0 fully saturated rings. The standard InChI is InChI=1S/C22H26FN5O4S/c1-5-28-15(3)19(14(2)25-28)9-10-27(4)21-20(22(29)30)12-17(13-24-21)26-33(31,32)18-8-6-7-16(23)11-18/h6-8,11-13,26H,5,9-10H2,1-4H3,(H,29,30). The molecule has 0 aliphatic carbocycles. The molecule has 1 aromatic carbocycles. The number of carboxylic acid groups (broad SMARTS) is 1. The summed E-state index contributed by atoms with van der Waals surface area (Å²) < 4.78 is 42.7. The molecule has 0 atom stereocenters. The fourth-order valence-corrected chi connectivity index (χ4v) is 4.68. The number of anilines is 2. The van der Waals surface area contributed by atoms with Gasteiger partial charge in [-0.05, 0) is 57.0 Å². The van der Waals surface area contributed by atoms with Gasteiger partial charge in [0.1, 0.15) is 17.2 Å². The van der Waals surface area contributed by atoms with Crippen molar-refractivity contribution >= 4 is 27.5 Å². The molecule has 0 radical (unpaired) electrons. The number of carboxylic acids is 1. The van der Waals surface area contributed by atoms with Crippen molar-refractivity contribution in [3.63, 3.8) is 0 Å². The summed E-state index contributed by atoms with van der Waals surface area (Å²) in [6, 6.07) is 5.72. The van der Waals surface area contributed by atoms with Crippen LogP contribution in [0.4, 0.5) is 15.9 Å². The third-order valence-corrected chi connectivity index (χ3v) is 6.72. The van der Waals surface area contributed by atoms with Crippen LogP contribution in [0.25, 0.3) is 0 Å². The number of sulfonamides is 1. The van der Waals surface area contributed by atoms with Crippen molar-refractivity contribution < 1.29 is 22.7 Å². The predicted molar refractivity (Wildman–Crippen MR) is 123 cm³/mol. The topological polar surface area (TPSA) is 117 Å². The lowest BCUT2D eigenvalue weighted by Crippen LogP contribution is -2.24. The summed E-state index contributed by atoms with van der Waals surface area (Å²) in [6.07, 6.45) is 1.88. The highest BCUT2D eigenvalue weighted by atomic mass is 32.2. The van der Waals surface area contributed by atoms with Crippen LogP contribution in [0.1, 0.15) is 34.2 Å². The third-order valence-electron chi connectivity index (χ3n) is 5.35. The van der Waals surface area contributed by atoms with E-state index in [4.69, 9.17) is 0 Å². The maximum atomic E-state index is 13.4. The van der Waals surface area contributed by atoms with E-state index in [1.165, 1.54) is 24.4 Å². The molecule has 0 saturated heterocycles. The van der Waals surface area contributed by atoms with Crippen LogP contribution in [-0.4, -0.2) is 47.9 Å². The van der Waals surface area contributed by atoms with Crippen LogP contribution < -0.4 is 9.62 Å². The van der Waals surface area contributed by atoms with Crippen molar-refractivity contribution in [2.45, 2.75) is 38.6 Å². The number of benzene rings is 1. The average molecular weight is 476 g/mol. The van der Waals surface area contributed by atoms with Crippen molar-refractivity contribution in [3.8, 4) is 0 Å². The van der Waals surface area contributed by atoms with Gasteiger partial charge in [0.25, 0.3) is 10.0 Å². The molecule has 0 unspecified atom stereocenters. The predicted octanol–water partition coefficient (Wildman–Crippen LogP) is 3.23. The second-order valence-electron chi connectivity index (χ2n) is 7.60. The maximum Gasteiger partial charge on any atom is 0.339 e. The lowest BCUT2D eigenvalue weighted by Gasteiger charge is -2.21. The van der Waals surface area contributed by atoms with E-state index in [1.807, 2.05) is 25.5 Å². The van der Waals surface area contributed by atoms with E-state index in [0.29, 0.717) is 13.0 Å². The summed E-state index contributed by atoms with van der Waals surface area (Å²) >= 11 is 0. The Morgan fingerprint density at radius 1 is 1.27 bits per heavy atom. The van der Waals surface area contributed by atoms with Gasteiger partial charge in [-0.15, -0.1) is 0 Å². The van der Waals surface area contributed by atoms with E-state index in [9.17, 15) is 22.7 Å². The van der Waals surface area contributed by atoms with Crippen LogP contribution in [0.15, 0.2) is 41.4 Å². The van der Waals surface area contributed by atoms with Crippen LogP contribution >= 0.6 is 0 Å². The second kappa shape index (κ2) is 9.57. The molecule has 2 N–H and O–H groups in total. The van der Waals surface area contributed by atoms with Crippen molar-refractivity contribution in [1.82, 2.24) is 14.8 Å². The highest BCUT2D eigenvalue weighted by Crippen LogP contribution is 2.24. The third kappa shape index (κ3) is 5.30. The van der Waals surface area contributed by atoms with E-state index in [0.717, 1.165) is 35.6 Å². The van der Waals surface area contributed by atoms with Gasteiger partial charge < -0.3 is 10.0 Å². The second-order valence-corrected chi connectivity index (χ2v) is 9.28. The SMILES string of the molecule is CCn1nc(C)c(CCN(C)c2ncc(NS(=O)(=O)c3cccc(F)c3)cc2C(=O)O)c1C. The minimum Gasteiger partial charge on any atom is -0.478 e. The van der Waals surface area contributed by atoms with Crippen LogP contribution in [0, 0.1) is 19.7 Å². The van der Waals surface area contributed by atoms with E-state index in [-0.39, 0.29) is 22.0 Å². The molecule has 0 amide bonds. The number of rotatable bonds is 9. The Balaban J connectivity index is 1.82. The lowest BCUT2D eigenvalue weighted by molar-refractivity contribution is 0.0697. The number of likely N-dealkylation sites (N-methyl/N-ethyl adjacent to an activating group) is 1. The minimum atomic E-state index is -4.11. The molecule has 3 aromatic rings. The molecular formula is C22H26FN5O4S. The highest BCUT2D eigenvalue weighted by Gasteiger charge is 2.20. The highest BCUT2D eigenvalue weighted by molar-refractivity contribution is 7.92. The van der Waals surface area contributed by atoms with Gasteiger partial charge in [0.15, 0.2) is 0 Å². The monoisotopic (exact) mass is 475 g/mol. The van der Waals surface area contributed by atoms with Crippen molar-refractivity contribution in [3.05, 3.63) is 64.9 Å². The van der Waals surface area contributed by atoms with Gasteiger partial charge in [-0.25, -0.2) is 22.6 Å². The number of nitrogens with zero attached hydrogens (tertiary/aromatic N) is 4. The van der Waals surface area contributed by atoms with Crippen LogP contribution in [0.3, 0.4) is 0 Å². The molecular weight excluding hydrogens is 449 g/mol. The normalized spacial score (nSPS) is 11.4. The molecule has 33 heavy (non-hydrogen) atoms. The molecule has 0 saturated carbocycles. The molecule has 0 bridgehead atoms. The largest absolute Gasteiger partial charge is 0.478 e. The van der Waals surface area contributed by atoms with E-state index >= 15 is 0 Å². The first kappa shape index (κ1) is 24.2. The lowest BCUT2D eigenvalue weighted by atomic mass is 10.1. The number of aryl methyl sites for hydroxylation is 2. The number of pyridine rings is 1. The minimum absolute atomic E-state index is 0.0373. The number of hydrogen-bond donors (Lipinski definition) is 2. The van der Waals surface area contributed by atoms with E-state index < -0.39 is 21.8 Å². The van der Waals surface area contributed by atoms with Crippen molar-refractivity contribution in [2.75, 3.05) is 23.2 Å². The summed E-state index contributed by atoms with van der Waals surface area (Å²) in [4.78, 5) is 17.5. The molecule has 0 aliphatic rings. The Labute approximate surface area is 191 Å². The zero-order chi connectivity index (χ0) is 24.3. The van der Waals surface area contributed by atoms with E-state index in [2.05, 4.69) is 14.8 Å². The quantitative estimate of drug-likeness (QED) is 0.488. The molecule has 0 spiro atoms. The zero-order valence-electron chi connectivity index (χ0n) is 18.8. The molecule has 2 heterocycles. The van der Waals surface area contributed by atoms with Crippen LogP contribution in [0.2, 0.25) is 0 Å². The Morgan fingerprint density at radius 2 is 2.00 bits per heavy atom. The van der Waals surface area contributed by atoms with Gasteiger partial charge >= 0.3 is 5.97 Å². The number of aromatic nitrogens is 3. The van der Waals surface area contributed by atoms with Gasteiger partial charge in [0.05, 0.1) is 22.5 Å². The van der Waals surface area contributed by atoms with Gasteiger partial charge in [0.2, 0.25) is 0 Å². The van der Waals surface area contributed by atoms with Gasteiger partial charge in [-0.3, -0.25) is 9.40 Å². The molecule has 176 valence electrons. The fourth-order valence-electron chi connectivity index (χ4n) is 3.61. The molecule has 2 aromatic heterocycles. The van der Waals surface area contributed by atoms with Gasteiger partial charge in [0, 0.05) is 25.8 Å². The number of aromatic carboxylic acids is 1. The summed E-state index contributed by atoms with van der Waals surface area (Å²) in [5.74, 6) is -1.74. The molecule has 3 rings (SSSR count). The maximum absolute atomic E-state index is 13.4. The van der Waals surface area contributed by atoms with Crippen molar-refractivity contribution in [2.24, 2.45) is 0 Å². The summed E-state index contributed by atoms with van der Waals surface area (Å²) in [7, 11) is -2.39. The molecule has 0 aliphatic heterocycles. The Hall–Kier alpha value is -3.47. The van der Waals surface area contributed by atoms with Gasteiger partial charge in [-0.1, -0.05) is 6.07 Å². The smallest absolute Gasteiger partial charge is 0.339 e. The van der Waals surface area contributed by atoms with Crippen molar-refractivity contribution in [1.29, 1.82) is 0 Å². The summed E-state index contributed by atoms with van der Waals surface area (Å²) in [5.41, 5.74) is 2.90. The van der Waals surface area contributed by atoms with E-state index in [1.54, 1.807) is 11.9 Å². The first-order valence-corrected chi connectivity index (χ1v) is 11.8. The number of nitrogens with one attached hydrogen (secondary N) is 1.